The lowest BCUT2D eigenvalue weighted by molar-refractivity contribution is 0.528. The van der Waals surface area contributed by atoms with Gasteiger partial charge in [0.2, 0.25) is 0 Å². The van der Waals surface area contributed by atoms with Crippen molar-refractivity contribution in [1.29, 1.82) is 0 Å². The summed E-state index contributed by atoms with van der Waals surface area (Å²) in [4.78, 5) is 8.38. The molecule has 0 bridgehead atoms. The highest BCUT2D eigenvalue weighted by Crippen LogP contribution is 2.24. The van der Waals surface area contributed by atoms with Crippen molar-refractivity contribution < 1.29 is 0 Å². The van der Waals surface area contributed by atoms with Gasteiger partial charge in [0.25, 0.3) is 0 Å². The number of nitrogens with zero attached hydrogens (tertiary/aromatic N) is 3. The van der Waals surface area contributed by atoms with Crippen molar-refractivity contribution in [2.45, 2.75) is 19.4 Å². The van der Waals surface area contributed by atoms with Gasteiger partial charge in [-0.25, -0.2) is 4.98 Å². The summed E-state index contributed by atoms with van der Waals surface area (Å²) >= 11 is 6.20. The van der Waals surface area contributed by atoms with Crippen LogP contribution in [-0.2, 0) is 13.5 Å². The number of aromatic nitrogens is 3. The number of nitrogens with one attached hydrogen (secondary N) is 1. The molecule has 0 aromatic carbocycles. The number of likely N-dealkylation sites (N-methyl/N-ethyl adjacent to an activating group) is 1. The monoisotopic (exact) mass is 264 g/mol. The fourth-order valence-corrected chi connectivity index (χ4v) is 2.23. The lowest BCUT2D eigenvalue weighted by Gasteiger charge is -2.19. The van der Waals surface area contributed by atoms with Crippen LogP contribution >= 0.6 is 11.6 Å². The molecule has 2 heterocycles. The van der Waals surface area contributed by atoms with Crippen molar-refractivity contribution in [2.75, 3.05) is 6.54 Å². The maximum atomic E-state index is 6.20. The van der Waals surface area contributed by atoms with Crippen LogP contribution in [-0.4, -0.2) is 21.1 Å². The van der Waals surface area contributed by atoms with Crippen LogP contribution in [0.2, 0.25) is 5.02 Å². The third kappa shape index (κ3) is 2.89. The zero-order valence-corrected chi connectivity index (χ0v) is 11.4. The van der Waals surface area contributed by atoms with Crippen LogP contribution in [0.5, 0.6) is 0 Å². The Morgan fingerprint density at radius 1 is 1.44 bits per heavy atom. The number of rotatable bonds is 5. The summed E-state index contributed by atoms with van der Waals surface area (Å²) < 4.78 is 2.03. The quantitative estimate of drug-likeness (QED) is 0.902. The molecular formula is C13H17ClN4. The Hall–Kier alpha value is -1.39. The summed E-state index contributed by atoms with van der Waals surface area (Å²) in [6.45, 7) is 2.97. The molecule has 0 aliphatic heterocycles. The van der Waals surface area contributed by atoms with Gasteiger partial charge in [0.15, 0.2) is 0 Å². The molecule has 0 radical (unpaired) electrons. The highest BCUT2D eigenvalue weighted by Gasteiger charge is 2.16. The maximum absolute atomic E-state index is 6.20. The summed E-state index contributed by atoms with van der Waals surface area (Å²) in [5.74, 6) is 1.04. The Bertz CT molecular complexity index is 509. The first-order chi connectivity index (χ1) is 8.72. The Kier molecular flexibility index (Phi) is 4.33. The summed E-state index contributed by atoms with van der Waals surface area (Å²) in [7, 11) is 2.00. The van der Waals surface area contributed by atoms with E-state index in [2.05, 4.69) is 22.2 Å². The normalized spacial score (nSPS) is 12.6. The van der Waals surface area contributed by atoms with E-state index in [0.29, 0.717) is 5.02 Å². The van der Waals surface area contributed by atoms with E-state index >= 15 is 0 Å². The topological polar surface area (TPSA) is 42.7 Å². The summed E-state index contributed by atoms with van der Waals surface area (Å²) in [5, 5.41) is 4.13. The van der Waals surface area contributed by atoms with E-state index in [-0.39, 0.29) is 6.04 Å². The first-order valence-corrected chi connectivity index (χ1v) is 6.39. The van der Waals surface area contributed by atoms with Crippen molar-refractivity contribution >= 4 is 11.6 Å². The molecule has 2 aromatic heterocycles. The van der Waals surface area contributed by atoms with Gasteiger partial charge in [-0.15, -0.1) is 0 Å². The second kappa shape index (κ2) is 5.98. The largest absolute Gasteiger partial charge is 0.338 e. The molecule has 96 valence electrons. The minimum atomic E-state index is 0.159. The molecule has 0 spiro atoms. The Morgan fingerprint density at radius 3 is 2.89 bits per heavy atom. The predicted octanol–water partition coefficient (Wildman–Crippen LogP) is 2.36. The van der Waals surface area contributed by atoms with Gasteiger partial charge in [0.1, 0.15) is 5.82 Å². The van der Waals surface area contributed by atoms with E-state index in [1.165, 1.54) is 0 Å². The molecule has 0 fully saturated rings. The highest BCUT2D eigenvalue weighted by atomic mass is 35.5. The van der Waals surface area contributed by atoms with Crippen molar-refractivity contribution in [3.63, 3.8) is 0 Å². The van der Waals surface area contributed by atoms with Gasteiger partial charge < -0.3 is 9.88 Å². The number of hydrogen-bond acceptors (Lipinski definition) is 3. The molecule has 2 aromatic rings. The molecular weight excluding hydrogens is 248 g/mol. The molecule has 0 amide bonds. The van der Waals surface area contributed by atoms with Gasteiger partial charge in [-0.1, -0.05) is 18.5 Å². The van der Waals surface area contributed by atoms with Crippen molar-refractivity contribution in [3.8, 4) is 0 Å². The van der Waals surface area contributed by atoms with E-state index in [4.69, 9.17) is 11.6 Å². The van der Waals surface area contributed by atoms with Crippen LogP contribution < -0.4 is 5.32 Å². The molecule has 1 unspecified atom stereocenters. The molecule has 5 heteroatoms. The van der Waals surface area contributed by atoms with Crippen molar-refractivity contribution in [1.82, 2.24) is 19.9 Å². The summed E-state index contributed by atoms with van der Waals surface area (Å²) in [6.07, 6.45) is 8.02. The van der Waals surface area contributed by atoms with Crippen LogP contribution in [0.3, 0.4) is 0 Å². The smallest absolute Gasteiger partial charge is 0.110 e. The summed E-state index contributed by atoms with van der Waals surface area (Å²) in [6, 6.07) is 2.12. The predicted molar refractivity (Wildman–Crippen MR) is 72.6 cm³/mol. The Morgan fingerprint density at radius 2 is 2.28 bits per heavy atom. The van der Waals surface area contributed by atoms with Gasteiger partial charge >= 0.3 is 0 Å². The number of halogens is 1. The fourth-order valence-electron chi connectivity index (χ4n) is 1.98. The number of imidazole rings is 1. The zero-order chi connectivity index (χ0) is 13.0. The third-order valence-electron chi connectivity index (χ3n) is 2.94. The van der Waals surface area contributed by atoms with Crippen molar-refractivity contribution in [3.05, 3.63) is 47.3 Å². The average Bonchev–Trinajstić information content (AvgIpc) is 2.75. The molecule has 1 atom stereocenters. The van der Waals surface area contributed by atoms with Gasteiger partial charge in [-0.3, -0.25) is 4.98 Å². The van der Waals surface area contributed by atoms with Crippen LogP contribution in [0.25, 0.3) is 0 Å². The van der Waals surface area contributed by atoms with Crippen LogP contribution in [0.1, 0.15) is 24.4 Å². The number of aryl methyl sites for hydroxylation is 1. The maximum Gasteiger partial charge on any atom is 0.110 e. The standard InChI is InChI=1S/C13H17ClN4/c1-3-16-12(8-13-17-6-7-18(13)2)10-4-5-15-9-11(10)14/h4-7,9,12,16H,3,8H2,1-2H3. The van der Waals surface area contributed by atoms with Gasteiger partial charge in [-0.2, -0.15) is 0 Å². The lowest BCUT2D eigenvalue weighted by Crippen LogP contribution is -2.24. The number of pyridine rings is 1. The molecule has 1 N–H and O–H groups in total. The second-order valence-corrected chi connectivity index (χ2v) is 4.57. The van der Waals surface area contributed by atoms with E-state index < -0.39 is 0 Å². The van der Waals surface area contributed by atoms with Crippen LogP contribution in [0, 0.1) is 0 Å². The van der Waals surface area contributed by atoms with E-state index in [9.17, 15) is 0 Å². The molecule has 0 aliphatic rings. The van der Waals surface area contributed by atoms with E-state index in [0.717, 1.165) is 24.4 Å². The van der Waals surface area contributed by atoms with E-state index in [1.54, 1.807) is 12.4 Å². The van der Waals surface area contributed by atoms with Crippen LogP contribution in [0.15, 0.2) is 30.9 Å². The van der Waals surface area contributed by atoms with Gasteiger partial charge in [0, 0.05) is 44.3 Å². The third-order valence-corrected chi connectivity index (χ3v) is 3.25. The first kappa shape index (κ1) is 13.1. The molecule has 0 aliphatic carbocycles. The Labute approximate surface area is 112 Å². The van der Waals surface area contributed by atoms with Gasteiger partial charge in [0.05, 0.1) is 5.02 Å². The Balaban J connectivity index is 2.24. The van der Waals surface area contributed by atoms with E-state index in [1.807, 2.05) is 30.1 Å². The first-order valence-electron chi connectivity index (χ1n) is 6.01. The highest BCUT2D eigenvalue weighted by molar-refractivity contribution is 6.31. The van der Waals surface area contributed by atoms with Crippen molar-refractivity contribution in [2.24, 2.45) is 7.05 Å². The van der Waals surface area contributed by atoms with Crippen LogP contribution in [0.4, 0.5) is 0 Å². The molecule has 18 heavy (non-hydrogen) atoms. The molecule has 2 rings (SSSR count). The lowest BCUT2D eigenvalue weighted by atomic mass is 10.0. The summed E-state index contributed by atoms with van der Waals surface area (Å²) in [5.41, 5.74) is 1.07. The molecule has 0 saturated carbocycles. The SMILES string of the molecule is CCNC(Cc1nccn1C)c1ccncc1Cl. The minimum absolute atomic E-state index is 0.159. The second-order valence-electron chi connectivity index (χ2n) is 4.17. The fraction of sp³-hybridized carbons (Fsp3) is 0.385. The number of hydrogen-bond donors (Lipinski definition) is 1. The molecule has 4 nitrogen and oxygen atoms in total. The zero-order valence-electron chi connectivity index (χ0n) is 10.6. The average molecular weight is 265 g/mol. The van der Waals surface area contributed by atoms with Gasteiger partial charge in [-0.05, 0) is 18.2 Å². The minimum Gasteiger partial charge on any atom is -0.338 e. The molecule has 0 saturated heterocycles.